The number of aliphatic hydroxyl groups excluding tert-OH is 1. The number of nitrogens with one attached hydrogen (secondary N) is 3. The van der Waals surface area contributed by atoms with Gasteiger partial charge in [-0.1, -0.05) is 0 Å². The quantitative estimate of drug-likeness (QED) is 0.0979. The van der Waals surface area contributed by atoms with Gasteiger partial charge < -0.3 is 43.4 Å². The van der Waals surface area contributed by atoms with Gasteiger partial charge in [-0.25, -0.2) is 4.79 Å². The molecule has 0 rings (SSSR count). The fourth-order valence-electron chi connectivity index (χ4n) is 2.50. The highest BCUT2D eigenvalue weighted by Gasteiger charge is 2.30. The molecular weight excluding hydrogens is 460 g/mol. The molecule has 0 bridgehead atoms. The number of rotatable bonds is 17. The highest BCUT2D eigenvalue weighted by Crippen LogP contribution is 2.05. The highest BCUT2D eigenvalue weighted by atomic mass is 32.2. The molecule has 0 aliphatic carbocycles. The van der Waals surface area contributed by atoms with Crippen LogP contribution in [0, 0.1) is 0 Å². The van der Waals surface area contributed by atoms with E-state index >= 15 is 0 Å². The van der Waals surface area contributed by atoms with Crippen molar-refractivity contribution in [3.05, 3.63) is 0 Å². The molecule has 4 atom stereocenters. The zero-order chi connectivity index (χ0) is 25.6. The van der Waals surface area contributed by atoms with E-state index in [1.54, 1.807) is 0 Å². The first kappa shape index (κ1) is 30.1. The van der Waals surface area contributed by atoms with Gasteiger partial charge in [0.05, 0.1) is 12.6 Å². The first-order valence-electron chi connectivity index (χ1n) is 9.98. The monoisotopic (exact) mass is 492 g/mol. The topological polar surface area (TPSA) is 257 Å². The Kier molecular flexibility index (Phi) is 14.4. The Morgan fingerprint density at radius 3 is 1.58 bits per heavy atom. The number of hydrogen-bond acceptors (Lipinski definition) is 9. The average Bonchev–Trinajstić information content (AvgIpc) is 2.74. The van der Waals surface area contributed by atoms with Crippen molar-refractivity contribution in [2.75, 3.05) is 18.6 Å². The molecule has 0 saturated carbocycles. The van der Waals surface area contributed by atoms with E-state index in [4.69, 9.17) is 27.4 Å². The van der Waals surface area contributed by atoms with Gasteiger partial charge in [-0.3, -0.25) is 24.0 Å². The number of hydrogen-bond donors (Lipinski definition) is 8. The van der Waals surface area contributed by atoms with Crippen molar-refractivity contribution in [2.24, 2.45) is 17.2 Å². The zero-order valence-corrected chi connectivity index (χ0v) is 19.1. The number of carbonyl (C=O) groups is 6. The number of carboxylic acid groups (broad SMARTS) is 1. The molecule has 11 N–H and O–H groups in total. The van der Waals surface area contributed by atoms with E-state index in [0.717, 1.165) is 0 Å². The van der Waals surface area contributed by atoms with Gasteiger partial charge in [-0.2, -0.15) is 11.8 Å². The first-order chi connectivity index (χ1) is 15.4. The predicted molar refractivity (Wildman–Crippen MR) is 118 cm³/mol. The van der Waals surface area contributed by atoms with E-state index in [2.05, 4.69) is 10.6 Å². The Balaban J connectivity index is 5.49. The number of carbonyl (C=O) groups excluding carboxylic acids is 5. The summed E-state index contributed by atoms with van der Waals surface area (Å²) in [5, 5.41) is 24.8. The molecule has 0 aromatic heterocycles. The second kappa shape index (κ2) is 15.8. The second-order valence-electron chi connectivity index (χ2n) is 7.10. The first-order valence-corrected chi connectivity index (χ1v) is 11.4. The van der Waals surface area contributed by atoms with Gasteiger partial charge in [-0.15, -0.1) is 0 Å². The lowest BCUT2D eigenvalue weighted by molar-refractivity contribution is -0.143. The minimum absolute atomic E-state index is 0.194. The van der Waals surface area contributed by atoms with Gasteiger partial charge in [0.2, 0.25) is 29.5 Å². The SMILES string of the molecule is CSCCC(N)C(=O)NC(CCC(N)=O)C(=O)NC(CCC(N)=O)C(=O)NC(CO)C(=O)O. The van der Waals surface area contributed by atoms with Crippen LogP contribution in [0.1, 0.15) is 32.1 Å². The molecule has 4 unspecified atom stereocenters. The minimum Gasteiger partial charge on any atom is -0.480 e. The van der Waals surface area contributed by atoms with Crippen LogP contribution in [0.3, 0.4) is 0 Å². The normalized spacial score (nSPS) is 14.3. The molecule has 0 heterocycles. The van der Waals surface area contributed by atoms with Crippen LogP contribution in [0.5, 0.6) is 0 Å². The van der Waals surface area contributed by atoms with E-state index in [0.29, 0.717) is 12.2 Å². The average molecular weight is 493 g/mol. The second-order valence-corrected chi connectivity index (χ2v) is 8.09. The lowest BCUT2D eigenvalue weighted by Crippen LogP contribution is -2.57. The van der Waals surface area contributed by atoms with Crippen LogP contribution in [-0.4, -0.2) is 88.5 Å². The number of thioether (sulfide) groups is 1. The molecule has 33 heavy (non-hydrogen) atoms. The standard InChI is InChI=1S/C18H32N6O8S/c1-33-7-6-9(19)15(28)22-10(2-4-13(20)26)16(29)23-11(3-5-14(21)27)17(30)24-12(8-25)18(31)32/h9-12,25H,2-8,19H2,1H3,(H2,20,26)(H2,21,27)(H,22,28)(H,23,29)(H,24,30)(H,31,32). The van der Waals surface area contributed by atoms with E-state index in [9.17, 15) is 28.8 Å². The van der Waals surface area contributed by atoms with E-state index in [-0.39, 0.29) is 25.7 Å². The maximum atomic E-state index is 12.8. The van der Waals surface area contributed by atoms with Crippen molar-refractivity contribution in [1.82, 2.24) is 16.0 Å². The Morgan fingerprint density at radius 1 is 0.788 bits per heavy atom. The van der Waals surface area contributed by atoms with Crippen molar-refractivity contribution in [3.8, 4) is 0 Å². The van der Waals surface area contributed by atoms with Crippen LogP contribution in [0.4, 0.5) is 0 Å². The third kappa shape index (κ3) is 12.6. The summed E-state index contributed by atoms with van der Waals surface area (Å²) in [6.07, 6.45) is 1.10. The van der Waals surface area contributed by atoms with Crippen LogP contribution in [0.15, 0.2) is 0 Å². The summed E-state index contributed by atoms with van der Waals surface area (Å²) in [5.41, 5.74) is 16.0. The summed E-state index contributed by atoms with van der Waals surface area (Å²) in [6, 6.07) is -5.28. The highest BCUT2D eigenvalue weighted by molar-refractivity contribution is 7.98. The fraction of sp³-hybridized carbons (Fsp3) is 0.667. The molecule has 0 radical (unpaired) electrons. The third-order valence-corrected chi connectivity index (χ3v) is 5.04. The molecule has 0 aromatic carbocycles. The molecule has 0 aromatic rings. The zero-order valence-electron chi connectivity index (χ0n) is 18.2. The van der Waals surface area contributed by atoms with Crippen molar-refractivity contribution < 1.29 is 39.0 Å². The largest absolute Gasteiger partial charge is 0.480 e. The van der Waals surface area contributed by atoms with Gasteiger partial charge >= 0.3 is 5.97 Å². The van der Waals surface area contributed by atoms with Crippen LogP contribution >= 0.6 is 11.8 Å². The number of nitrogens with two attached hydrogens (primary N) is 3. The van der Waals surface area contributed by atoms with E-state index in [1.165, 1.54) is 11.8 Å². The van der Waals surface area contributed by atoms with Crippen LogP contribution < -0.4 is 33.2 Å². The lowest BCUT2D eigenvalue weighted by atomic mass is 10.1. The summed E-state index contributed by atoms with van der Waals surface area (Å²) < 4.78 is 0. The molecule has 0 spiro atoms. The van der Waals surface area contributed by atoms with Crippen molar-refractivity contribution in [2.45, 2.75) is 56.3 Å². The van der Waals surface area contributed by atoms with Crippen molar-refractivity contribution in [1.29, 1.82) is 0 Å². The lowest BCUT2D eigenvalue weighted by Gasteiger charge is -2.24. The summed E-state index contributed by atoms with van der Waals surface area (Å²) >= 11 is 1.47. The number of primary amides is 2. The third-order valence-electron chi connectivity index (χ3n) is 4.39. The Morgan fingerprint density at radius 2 is 1.21 bits per heavy atom. The van der Waals surface area contributed by atoms with Gasteiger partial charge in [-0.05, 0) is 31.3 Å². The fourth-order valence-corrected chi connectivity index (χ4v) is 2.99. The Hall–Kier alpha value is -2.91. The van der Waals surface area contributed by atoms with Crippen LogP contribution in [0.25, 0.3) is 0 Å². The maximum absolute atomic E-state index is 12.8. The molecule has 5 amide bonds. The maximum Gasteiger partial charge on any atom is 0.328 e. The molecule has 15 heteroatoms. The Bertz CT molecular complexity index is 722. The molecule has 0 fully saturated rings. The van der Waals surface area contributed by atoms with Crippen molar-refractivity contribution in [3.63, 3.8) is 0 Å². The number of aliphatic hydroxyl groups is 1. The predicted octanol–water partition coefficient (Wildman–Crippen LogP) is -3.87. The number of aliphatic carboxylic acids is 1. The molecular formula is C18H32N6O8S. The molecule has 14 nitrogen and oxygen atoms in total. The van der Waals surface area contributed by atoms with Gasteiger partial charge in [0.1, 0.15) is 18.1 Å². The van der Waals surface area contributed by atoms with Crippen LogP contribution in [0.2, 0.25) is 0 Å². The van der Waals surface area contributed by atoms with Gasteiger partial charge in [0.25, 0.3) is 0 Å². The smallest absolute Gasteiger partial charge is 0.328 e. The summed E-state index contributed by atoms with van der Waals surface area (Å²) in [6.45, 7) is -0.914. The number of amides is 5. The van der Waals surface area contributed by atoms with Crippen LogP contribution in [-0.2, 0) is 28.8 Å². The summed E-state index contributed by atoms with van der Waals surface area (Å²) in [4.78, 5) is 70.9. The van der Waals surface area contributed by atoms with E-state index in [1.807, 2.05) is 11.6 Å². The van der Waals surface area contributed by atoms with Gasteiger partial charge in [0.15, 0.2) is 0 Å². The molecule has 0 aliphatic rings. The molecule has 188 valence electrons. The molecule has 0 saturated heterocycles. The minimum atomic E-state index is -1.65. The number of carboxylic acids is 1. The summed E-state index contributed by atoms with van der Waals surface area (Å²) in [5.74, 6) is -4.97. The Labute approximate surface area is 194 Å². The van der Waals surface area contributed by atoms with Crippen molar-refractivity contribution >= 4 is 47.3 Å². The van der Waals surface area contributed by atoms with E-state index < -0.39 is 66.3 Å². The van der Waals surface area contributed by atoms with Gasteiger partial charge in [0, 0.05) is 12.8 Å². The molecule has 0 aliphatic heterocycles. The summed E-state index contributed by atoms with van der Waals surface area (Å²) in [7, 11) is 0.